The molecule has 166 valence electrons. The summed E-state index contributed by atoms with van der Waals surface area (Å²) in [5, 5.41) is 9.43. The summed E-state index contributed by atoms with van der Waals surface area (Å²) in [6.45, 7) is 1.97. The van der Waals surface area contributed by atoms with E-state index in [1.165, 1.54) is 22.9 Å². The van der Waals surface area contributed by atoms with Gasteiger partial charge in [-0.25, -0.2) is 0 Å². The monoisotopic (exact) mass is 456 g/mol. The van der Waals surface area contributed by atoms with Crippen LogP contribution in [0.4, 0.5) is 0 Å². The van der Waals surface area contributed by atoms with Crippen molar-refractivity contribution in [1.29, 1.82) is 0 Å². The van der Waals surface area contributed by atoms with Crippen molar-refractivity contribution < 1.29 is 9.21 Å². The van der Waals surface area contributed by atoms with Gasteiger partial charge in [-0.1, -0.05) is 78.5 Å². The first-order chi connectivity index (χ1) is 16.3. The lowest BCUT2D eigenvalue weighted by molar-refractivity contribution is -0.127. The number of benzene rings is 2. The van der Waals surface area contributed by atoms with Crippen LogP contribution in [0.1, 0.15) is 17.5 Å². The van der Waals surface area contributed by atoms with Gasteiger partial charge in [-0.3, -0.25) is 9.36 Å². The van der Waals surface area contributed by atoms with Gasteiger partial charge < -0.3 is 9.32 Å². The summed E-state index contributed by atoms with van der Waals surface area (Å²) in [7, 11) is 0. The van der Waals surface area contributed by atoms with Crippen LogP contribution in [0.15, 0.2) is 94.7 Å². The molecule has 6 nitrogen and oxygen atoms in total. The van der Waals surface area contributed by atoms with Crippen LogP contribution in [-0.4, -0.2) is 44.4 Å². The molecule has 4 aromatic rings. The van der Waals surface area contributed by atoms with Crippen molar-refractivity contribution in [3.05, 3.63) is 96.3 Å². The lowest BCUT2D eigenvalue weighted by Crippen LogP contribution is -2.35. The van der Waals surface area contributed by atoms with Gasteiger partial charge in [0.1, 0.15) is 0 Å². The molecule has 0 bridgehead atoms. The van der Waals surface area contributed by atoms with E-state index < -0.39 is 0 Å². The molecule has 0 fully saturated rings. The molecular weight excluding hydrogens is 432 g/mol. The van der Waals surface area contributed by atoms with E-state index in [-0.39, 0.29) is 5.91 Å². The fraction of sp³-hybridized carbons (Fsp3) is 0.192. The molecule has 0 aliphatic carbocycles. The van der Waals surface area contributed by atoms with Crippen molar-refractivity contribution in [3.63, 3.8) is 0 Å². The van der Waals surface area contributed by atoms with Gasteiger partial charge in [-0.15, -0.1) is 10.2 Å². The van der Waals surface area contributed by atoms with E-state index >= 15 is 0 Å². The lowest BCUT2D eigenvalue weighted by Gasteiger charge is -2.26. The van der Waals surface area contributed by atoms with Crippen LogP contribution in [0.2, 0.25) is 0 Å². The Labute approximate surface area is 196 Å². The summed E-state index contributed by atoms with van der Waals surface area (Å²) in [5.74, 6) is 1.75. The molecule has 0 atom stereocenters. The molecule has 0 N–H and O–H groups in total. The summed E-state index contributed by atoms with van der Waals surface area (Å²) in [4.78, 5) is 14.8. The van der Waals surface area contributed by atoms with E-state index in [1.807, 2.05) is 58.0 Å². The Bertz CT molecular complexity index is 1230. The SMILES string of the molecule is O=C(CSc1nnc(-c2ccco2)n1Cc1ccccc1)N1CC=C(c2ccccc2)CC1. The molecule has 0 unspecified atom stereocenters. The van der Waals surface area contributed by atoms with E-state index in [9.17, 15) is 4.79 Å². The first-order valence-corrected chi connectivity index (χ1v) is 11.9. The van der Waals surface area contributed by atoms with Crippen LogP contribution in [-0.2, 0) is 11.3 Å². The molecule has 1 amide bonds. The van der Waals surface area contributed by atoms with Crippen LogP contribution >= 0.6 is 11.8 Å². The molecule has 1 aliphatic heterocycles. The van der Waals surface area contributed by atoms with Gasteiger partial charge >= 0.3 is 0 Å². The van der Waals surface area contributed by atoms with Crippen molar-refractivity contribution in [1.82, 2.24) is 19.7 Å². The average molecular weight is 457 g/mol. The van der Waals surface area contributed by atoms with Gasteiger partial charge in [0.15, 0.2) is 10.9 Å². The fourth-order valence-corrected chi connectivity index (χ4v) is 4.76. The Kier molecular flexibility index (Phi) is 6.39. The second-order valence-corrected chi connectivity index (χ2v) is 8.77. The highest BCUT2D eigenvalue weighted by molar-refractivity contribution is 7.99. The average Bonchev–Trinajstić information content (AvgIpc) is 3.54. The summed E-state index contributed by atoms with van der Waals surface area (Å²) in [6, 6.07) is 24.2. The van der Waals surface area contributed by atoms with Crippen molar-refractivity contribution in [2.24, 2.45) is 0 Å². The molecule has 3 heterocycles. The van der Waals surface area contributed by atoms with Gasteiger partial charge in [-0.2, -0.15) is 0 Å². The number of furan rings is 1. The second-order valence-electron chi connectivity index (χ2n) is 7.83. The van der Waals surface area contributed by atoms with Gasteiger partial charge in [-0.05, 0) is 35.3 Å². The quantitative estimate of drug-likeness (QED) is 0.367. The maximum Gasteiger partial charge on any atom is 0.233 e. The zero-order valence-corrected chi connectivity index (χ0v) is 18.9. The fourth-order valence-electron chi connectivity index (χ4n) is 3.92. The third-order valence-corrected chi connectivity index (χ3v) is 6.62. The first-order valence-electron chi connectivity index (χ1n) is 10.9. The zero-order valence-electron chi connectivity index (χ0n) is 18.1. The van der Waals surface area contributed by atoms with E-state index in [4.69, 9.17) is 4.42 Å². The molecule has 0 saturated carbocycles. The summed E-state index contributed by atoms with van der Waals surface area (Å²) in [5.41, 5.74) is 3.67. The molecule has 0 radical (unpaired) electrons. The number of nitrogens with zero attached hydrogens (tertiary/aromatic N) is 4. The Balaban J connectivity index is 1.28. The molecule has 0 saturated heterocycles. The van der Waals surface area contributed by atoms with Crippen molar-refractivity contribution in [3.8, 4) is 11.6 Å². The molecule has 2 aromatic carbocycles. The van der Waals surface area contributed by atoms with Gasteiger partial charge in [0.05, 0.1) is 18.6 Å². The molecule has 33 heavy (non-hydrogen) atoms. The Morgan fingerprint density at radius 2 is 1.76 bits per heavy atom. The summed E-state index contributed by atoms with van der Waals surface area (Å²) < 4.78 is 7.57. The second kappa shape index (κ2) is 9.92. The van der Waals surface area contributed by atoms with Gasteiger partial charge in [0, 0.05) is 13.1 Å². The molecule has 7 heteroatoms. The van der Waals surface area contributed by atoms with Gasteiger partial charge in [0.2, 0.25) is 11.7 Å². The summed E-state index contributed by atoms with van der Waals surface area (Å²) >= 11 is 1.42. The Hall–Kier alpha value is -3.58. The standard InChI is InChI=1S/C26H24N4O2S/c31-24(29-15-13-22(14-16-29)21-10-5-2-6-11-21)19-33-26-28-27-25(23-12-7-17-32-23)30(26)18-20-8-3-1-4-9-20/h1-13,17H,14-16,18-19H2. The number of amides is 1. The van der Waals surface area contributed by atoms with E-state index in [0.29, 0.717) is 35.6 Å². The highest BCUT2D eigenvalue weighted by Crippen LogP contribution is 2.27. The normalized spacial score (nSPS) is 13.7. The highest BCUT2D eigenvalue weighted by atomic mass is 32.2. The largest absolute Gasteiger partial charge is 0.461 e. The van der Waals surface area contributed by atoms with Crippen LogP contribution in [0.5, 0.6) is 0 Å². The lowest BCUT2D eigenvalue weighted by atomic mass is 10.00. The maximum atomic E-state index is 12.9. The highest BCUT2D eigenvalue weighted by Gasteiger charge is 2.21. The van der Waals surface area contributed by atoms with Crippen LogP contribution in [0.3, 0.4) is 0 Å². The number of rotatable bonds is 7. The number of aromatic nitrogens is 3. The van der Waals surface area contributed by atoms with Crippen LogP contribution in [0.25, 0.3) is 17.2 Å². The predicted molar refractivity (Wildman–Crippen MR) is 130 cm³/mol. The number of hydrogen-bond donors (Lipinski definition) is 0. The number of carbonyl (C=O) groups excluding carboxylic acids is 1. The molecule has 2 aromatic heterocycles. The third-order valence-electron chi connectivity index (χ3n) is 5.67. The number of carbonyl (C=O) groups is 1. The summed E-state index contributed by atoms with van der Waals surface area (Å²) in [6.07, 6.45) is 4.66. The van der Waals surface area contributed by atoms with Crippen molar-refractivity contribution in [2.45, 2.75) is 18.1 Å². The Morgan fingerprint density at radius 3 is 2.45 bits per heavy atom. The number of thioether (sulfide) groups is 1. The minimum absolute atomic E-state index is 0.108. The van der Waals surface area contributed by atoms with Crippen molar-refractivity contribution in [2.75, 3.05) is 18.8 Å². The van der Waals surface area contributed by atoms with Crippen LogP contribution in [0, 0.1) is 0 Å². The maximum absolute atomic E-state index is 12.9. The third kappa shape index (κ3) is 4.93. The molecule has 0 spiro atoms. The first kappa shape index (κ1) is 21.3. The Morgan fingerprint density at radius 1 is 0.970 bits per heavy atom. The van der Waals surface area contributed by atoms with Gasteiger partial charge in [0.25, 0.3) is 0 Å². The molecule has 5 rings (SSSR count). The topological polar surface area (TPSA) is 64.2 Å². The minimum Gasteiger partial charge on any atom is -0.461 e. The molecule has 1 aliphatic rings. The smallest absolute Gasteiger partial charge is 0.233 e. The van der Waals surface area contributed by atoms with Crippen molar-refractivity contribution >= 4 is 23.2 Å². The number of hydrogen-bond acceptors (Lipinski definition) is 5. The van der Waals surface area contributed by atoms with E-state index in [0.717, 1.165) is 18.5 Å². The molecular formula is C26H24N4O2S. The minimum atomic E-state index is 0.108. The predicted octanol–water partition coefficient (Wildman–Crippen LogP) is 4.99. The van der Waals surface area contributed by atoms with Crippen LogP contribution < -0.4 is 0 Å². The van der Waals surface area contributed by atoms with E-state index in [2.05, 4.69) is 40.5 Å². The zero-order chi connectivity index (χ0) is 22.5. The van der Waals surface area contributed by atoms with E-state index in [1.54, 1.807) is 6.26 Å².